The Labute approximate surface area is 146 Å². The molecular weight excluding hydrogens is 328 g/mol. The zero-order chi connectivity index (χ0) is 17.8. The molecule has 2 saturated heterocycles. The number of amides is 2. The minimum atomic E-state index is -0.755. The third-order valence-electron chi connectivity index (χ3n) is 4.84. The van der Waals surface area contributed by atoms with E-state index in [0.717, 1.165) is 44.1 Å². The number of nitrogens with zero attached hydrogens (tertiary/aromatic N) is 3. The van der Waals surface area contributed by atoms with Crippen LogP contribution in [0.2, 0.25) is 0 Å². The van der Waals surface area contributed by atoms with E-state index in [4.69, 9.17) is 0 Å². The number of rotatable bonds is 3. The first-order valence-corrected chi connectivity index (χ1v) is 8.78. The molecule has 1 aromatic carbocycles. The van der Waals surface area contributed by atoms with Crippen LogP contribution in [0.3, 0.4) is 0 Å². The Balaban J connectivity index is 1.51. The van der Waals surface area contributed by atoms with E-state index in [1.165, 1.54) is 6.42 Å². The fourth-order valence-corrected chi connectivity index (χ4v) is 3.40. The van der Waals surface area contributed by atoms with Gasteiger partial charge in [0.25, 0.3) is 5.91 Å². The van der Waals surface area contributed by atoms with Crippen molar-refractivity contribution in [1.82, 2.24) is 14.7 Å². The Hall–Kier alpha value is -2.02. The van der Waals surface area contributed by atoms with Gasteiger partial charge in [-0.3, -0.25) is 14.5 Å². The summed E-state index contributed by atoms with van der Waals surface area (Å²) in [7, 11) is 0. The number of carbonyl (C=O) groups is 2. The maximum absolute atomic E-state index is 13.3. The van der Waals surface area contributed by atoms with Gasteiger partial charge in [-0.05, 0) is 31.4 Å². The summed E-state index contributed by atoms with van der Waals surface area (Å²) in [5, 5.41) is 0. The average molecular weight is 351 g/mol. The molecule has 1 aromatic rings. The predicted molar refractivity (Wildman–Crippen MR) is 89.1 cm³/mol. The largest absolute Gasteiger partial charge is 0.342 e. The third-order valence-corrected chi connectivity index (χ3v) is 4.84. The Bertz CT molecular complexity index is 619. The topological polar surface area (TPSA) is 43.9 Å². The number of benzene rings is 1. The number of halogens is 2. The van der Waals surface area contributed by atoms with Crippen molar-refractivity contribution < 1.29 is 18.4 Å². The Kier molecular flexibility index (Phi) is 5.63. The minimum absolute atomic E-state index is 0.0235. The van der Waals surface area contributed by atoms with Gasteiger partial charge >= 0.3 is 0 Å². The molecular formula is C18H23F2N3O2. The van der Waals surface area contributed by atoms with Crippen molar-refractivity contribution in [2.24, 2.45) is 0 Å². The van der Waals surface area contributed by atoms with Gasteiger partial charge in [0.1, 0.15) is 11.6 Å². The molecule has 0 aliphatic carbocycles. The first kappa shape index (κ1) is 17.8. The molecule has 2 aliphatic heterocycles. The quantitative estimate of drug-likeness (QED) is 0.833. The van der Waals surface area contributed by atoms with E-state index >= 15 is 0 Å². The maximum atomic E-state index is 13.3. The van der Waals surface area contributed by atoms with Gasteiger partial charge in [-0.2, -0.15) is 0 Å². The Morgan fingerprint density at radius 1 is 0.800 bits per heavy atom. The zero-order valence-electron chi connectivity index (χ0n) is 14.2. The van der Waals surface area contributed by atoms with Crippen LogP contribution in [0.4, 0.5) is 8.78 Å². The van der Waals surface area contributed by atoms with Gasteiger partial charge in [-0.15, -0.1) is 0 Å². The molecule has 0 saturated carbocycles. The van der Waals surface area contributed by atoms with Crippen LogP contribution in [0.25, 0.3) is 0 Å². The van der Waals surface area contributed by atoms with Gasteiger partial charge in [0.2, 0.25) is 5.91 Å². The van der Waals surface area contributed by atoms with Gasteiger partial charge in [0.05, 0.1) is 6.54 Å². The lowest BCUT2D eigenvalue weighted by molar-refractivity contribution is -0.133. The van der Waals surface area contributed by atoms with Crippen LogP contribution in [0.5, 0.6) is 0 Å². The smallest absolute Gasteiger partial charge is 0.254 e. The number of hydrogen-bond acceptors (Lipinski definition) is 3. The van der Waals surface area contributed by atoms with Crippen molar-refractivity contribution >= 4 is 11.8 Å². The molecule has 25 heavy (non-hydrogen) atoms. The molecule has 7 heteroatoms. The van der Waals surface area contributed by atoms with Crippen LogP contribution in [-0.4, -0.2) is 72.3 Å². The molecule has 0 N–H and O–H groups in total. The highest BCUT2D eigenvalue weighted by molar-refractivity contribution is 5.94. The lowest BCUT2D eigenvalue weighted by atomic mass is 10.1. The van der Waals surface area contributed by atoms with Crippen LogP contribution in [0.1, 0.15) is 29.6 Å². The number of piperazine rings is 1. The first-order valence-electron chi connectivity index (χ1n) is 8.78. The lowest BCUT2D eigenvalue weighted by Crippen LogP contribution is -2.52. The normalized spacial score (nSPS) is 19.1. The summed E-state index contributed by atoms with van der Waals surface area (Å²) in [4.78, 5) is 30.2. The second-order valence-electron chi connectivity index (χ2n) is 6.67. The molecule has 0 atom stereocenters. The molecule has 2 aliphatic rings. The highest BCUT2D eigenvalue weighted by Crippen LogP contribution is 2.14. The van der Waals surface area contributed by atoms with Crippen molar-refractivity contribution in [3.8, 4) is 0 Å². The molecule has 2 heterocycles. The molecule has 2 fully saturated rings. The molecule has 0 aromatic heterocycles. The molecule has 0 bridgehead atoms. The van der Waals surface area contributed by atoms with E-state index in [1.54, 1.807) is 4.90 Å². The minimum Gasteiger partial charge on any atom is -0.342 e. The van der Waals surface area contributed by atoms with Gasteiger partial charge < -0.3 is 9.80 Å². The highest BCUT2D eigenvalue weighted by Gasteiger charge is 2.25. The monoisotopic (exact) mass is 351 g/mol. The van der Waals surface area contributed by atoms with E-state index < -0.39 is 11.6 Å². The van der Waals surface area contributed by atoms with Gasteiger partial charge in [0.15, 0.2) is 0 Å². The van der Waals surface area contributed by atoms with Crippen molar-refractivity contribution in [3.63, 3.8) is 0 Å². The molecule has 3 rings (SSSR count). The molecule has 0 unspecified atom stereocenters. The standard InChI is InChI=1S/C18H23F2N3O2/c19-15-10-14(11-16(20)12-15)18(25)23-8-6-21(7-9-23)13-17(24)22-4-2-1-3-5-22/h10-12H,1-9,13H2. The van der Waals surface area contributed by atoms with E-state index in [9.17, 15) is 18.4 Å². The van der Waals surface area contributed by atoms with Crippen LogP contribution < -0.4 is 0 Å². The zero-order valence-corrected chi connectivity index (χ0v) is 14.2. The lowest BCUT2D eigenvalue weighted by Gasteiger charge is -2.36. The van der Waals surface area contributed by atoms with Crippen LogP contribution in [0.15, 0.2) is 18.2 Å². The summed E-state index contributed by atoms with van der Waals surface area (Å²) in [5.41, 5.74) is 0.0235. The fraction of sp³-hybridized carbons (Fsp3) is 0.556. The second kappa shape index (κ2) is 7.91. The summed E-state index contributed by atoms with van der Waals surface area (Å²) < 4.78 is 26.6. The Morgan fingerprint density at radius 2 is 1.40 bits per heavy atom. The number of piperidine rings is 1. The second-order valence-corrected chi connectivity index (χ2v) is 6.67. The summed E-state index contributed by atoms with van der Waals surface area (Å²) in [5.74, 6) is -1.74. The maximum Gasteiger partial charge on any atom is 0.254 e. The molecule has 136 valence electrons. The molecule has 2 amide bonds. The van der Waals surface area contributed by atoms with Crippen molar-refractivity contribution in [1.29, 1.82) is 0 Å². The number of hydrogen-bond donors (Lipinski definition) is 0. The van der Waals surface area contributed by atoms with E-state index in [-0.39, 0.29) is 17.4 Å². The Morgan fingerprint density at radius 3 is 2.00 bits per heavy atom. The van der Waals surface area contributed by atoms with Gasteiger partial charge in [0, 0.05) is 50.9 Å². The number of carbonyl (C=O) groups excluding carboxylic acids is 2. The van der Waals surface area contributed by atoms with Crippen LogP contribution in [0, 0.1) is 11.6 Å². The van der Waals surface area contributed by atoms with Crippen LogP contribution >= 0.6 is 0 Å². The number of likely N-dealkylation sites (tertiary alicyclic amines) is 1. The summed E-state index contributed by atoms with van der Waals surface area (Å²) >= 11 is 0. The first-order chi connectivity index (χ1) is 12.0. The van der Waals surface area contributed by atoms with Crippen LogP contribution in [-0.2, 0) is 4.79 Å². The average Bonchev–Trinajstić information content (AvgIpc) is 2.61. The molecule has 0 radical (unpaired) electrons. The predicted octanol–water partition coefficient (Wildman–Crippen LogP) is 1.74. The van der Waals surface area contributed by atoms with E-state index in [0.29, 0.717) is 32.7 Å². The van der Waals surface area contributed by atoms with Crippen molar-refractivity contribution in [2.75, 3.05) is 45.8 Å². The van der Waals surface area contributed by atoms with Gasteiger partial charge in [-0.1, -0.05) is 0 Å². The van der Waals surface area contributed by atoms with Crippen molar-refractivity contribution in [3.05, 3.63) is 35.4 Å². The summed E-state index contributed by atoms with van der Waals surface area (Å²) in [6.45, 7) is 4.11. The molecule has 0 spiro atoms. The fourth-order valence-electron chi connectivity index (χ4n) is 3.40. The van der Waals surface area contributed by atoms with Crippen molar-refractivity contribution in [2.45, 2.75) is 19.3 Å². The SMILES string of the molecule is O=C(CN1CCN(C(=O)c2cc(F)cc(F)c2)CC1)N1CCCCC1. The van der Waals surface area contributed by atoms with E-state index in [2.05, 4.69) is 0 Å². The third kappa shape index (κ3) is 4.54. The molecule has 5 nitrogen and oxygen atoms in total. The highest BCUT2D eigenvalue weighted by atomic mass is 19.1. The summed E-state index contributed by atoms with van der Waals surface area (Å²) in [6, 6.07) is 2.86. The van der Waals surface area contributed by atoms with E-state index in [1.807, 2.05) is 9.80 Å². The summed E-state index contributed by atoms with van der Waals surface area (Å²) in [6.07, 6.45) is 3.32. The van der Waals surface area contributed by atoms with Gasteiger partial charge in [-0.25, -0.2) is 8.78 Å².